The number of nitrogens with zero attached hydrogens (tertiary/aromatic N) is 2. The number of hydrogen-bond donors (Lipinski definition) is 2. The Morgan fingerprint density at radius 1 is 1.33 bits per heavy atom. The maximum atomic E-state index is 11.8. The smallest absolute Gasteiger partial charge is 0.220 e. The van der Waals surface area contributed by atoms with Crippen LogP contribution in [0.2, 0.25) is 0 Å². The van der Waals surface area contributed by atoms with E-state index in [1.165, 1.54) is 6.33 Å². The minimum atomic E-state index is 0.0541. The van der Waals surface area contributed by atoms with Gasteiger partial charge in [0.2, 0.25) is 5.91 Å². The monoisotopic (exact) mass is 288 g/mol. The molecular formula is C15H20N4O2. The zero-order valence-corrected chi connectivity index (χ0v) is 12.1. The molecule has 1 amide bonds. The first-order chi connectivity index (χ1) is 10.3. The van der Waals surface area contributed by atoms with Crippen molar-refractivity contribution in [3.8, 4) is 5.75 Å². The van der Waals surface area contributed by atoms with E-state index in [1.807, 2.05) is 24.3 Å². The molecular weight excluding hydrogens is 268 g/mol. The molecule has 0 saturated carbocycles. The zero-order chi connectivity index (χ0) is 14.9. The van der Waals surface area contributed by atoms with E-state index < -0.39 is 0 Å². The highest BCUT2D eigenvalue weighted by Gasteiger charge is 2.06. The Hall–Kier alpha value is -2.37. The Kier molecular flexibility index (Phi) is 5.75. The van der Waals surface area contributed by atoms with Gasteiger partial charge in [-0.25, -0.2) is 4.98 Å². The predicted molar refractivity (Wildman–Crippen MR) is 79.0 cm³/mol. The summed E-state index contributed by atoms with van der Waals surface area (Å²) in [4.78, 5) is 15.8. The van der Waals surface area contributed by atoms with Crippen LogP contribution in [-0.4, -0.2) is 34.7 Å². The molecule has 1 heterocycles. The minimum Gasteiger partial charge on any atom is -0.496 e. The second-order valence-corrected chi connectivity index (χ2v) is 4.70. The number of H-pyrrole nitrogens is 1. The van der Waals surface area contributed by atoms with Crippen LogP contribution in [-0.2, 0) is 17.6 Å². The quantitative estimate of drug-likeness (QED) is 0.721. The topological polar surface area (TPSA) is 79.9 Å². The lowest BCUT2D eigenvalue weighted by Gasteiger charge is -2.08. The van der Waals surface area contributed by atoms with Crippen molar-refractivity contribution < 1.29 is 9.53 Å². The zero-order valence-electron chi connectivity index (χ0n) is 12.1. The van der Waals surface area contributed by atoms with Gasteiger partial charge in [0.05, 0.1) is 7.11 Å². The standard InChI is InChI=1S/C15H20N4O2/c1-21-13-6-3-2-5-12(13)8-9-15(20)16-10-4-7-14-17-11-18-19-14/h2-3,5-6,11H,4,7-10H2,1H3,(H,16,20)(H,17,18,19). The number of aromatic amines is 1. The minimum absolute atomic E-state index is 0.0541. The number of benzene rings is 1. The summed E-state index contributed by atoms with van der Waals surface area (Å²) in [6.45, 7) is 0.644. The van der Waals surface area contributed by atoms with Crippen LogP contribution in [0.5, 0.6) is 5.75 Å². The van der Waals surface area contributed by atoms with Gasteiger partial charge < -0.3 is 10.1 Å². The number of carbonyl (C=O) groups is 1. The highest BCUT2D eigenvalue weighted by atomic mass is 16.5. The van der Waals surface area contributed by atoms with E-state index in [4.69, 9.17) is 4.74 Å². The molecule has 0 aliphatic rings. The maximum absolute atomic E-state index is 11.8. The van der Waals surface area contributed by atoms with Crippen molar-refractivity contribution in [1.29, 1.82) is 0 Å². The molecule has 0 bridgehead atoms. The van der Waals surface area contributed by atoms with Gasteiger partial charge >= 0.3 is 0 Å². The summed E-state index contributed by atoms with van der Waals surface area (Å²) in [5.41, 5.74) is 1.05. The Balaban J connectivity index is 1.65. The number of para-hydroxylation sites is 1. The van der Waals surface area contributed by atoms with E-state index in [0.717, 1.165) is 30.0 Å². The summed E-state index contributed by atoms with van der Waals surface area (Å²) in [6.07, 6.45) is 4.25. The van der Waals surface area contributed by atoms with Crippen LogP contribution in [0.4, 0.5) is 0 Å². The molecule has 2 rings (SSSR count). The van der Waals surface area contributed by atoms with Crippen LogP contribution in [0.25, 0.3) is 0 Å². The Bertz CT molecular complexity index is 555. The van der Waals surface area contributed by atoms with E-state index in [0.29, 0.717) is 19.4 Å². The summed E-state index contributed by atoms with van der Waals surface area (Å²) in [5.74, 6) is 1.73. The van der Waals surface area contributed by atoms with E-state index in [1.54, 1.807) is 7.11 Å². The van der Waals surface area contributed by atoms with Crippen molar-refractivity contribution in [2.75, 3.05) is 13.7 Å². The normalized spacial score (nSPS) is 10.3. The predicted octanol–water partition coefficient (Wildman–Crippen LogP) is 1.49. The number of hydrogen-bond acceptors (Lipinski definition) is 4. The molecule has 0 spiro atoms. The number of ether oxygens (including phenoxy) is 1. The fraction of sp³-hybridized carbons (Fsp3) is 0.400. The van der Waals surface area contributed by atoms with Crippen LogP contribution < -0.4 is 10.1 Å². The molecule has 112 valence electrons. The summed E-state index contributed by atoms with van der Waals surface area (Å²) < 4.78 is 5.27. The highest BCUT2D eigenvalue weighted by molar-refractivity contribution is 5.76. The summed E-state index contributed by atoms with van der Waals surface area (Å²) >= 11 is 0. The molecule has 1 aromatic heterocycles. The first-order valence-electron chi connectivity index (χ1n) is 7.02. The van der Waals surface area contributed by atoms with Crippen molar-refractivity contribution in [1.82, 2.24) is 20.5 Å². The van der Waals surface area contributed by atoms with Gasteiger partial charge in [-0.3, -0.25) is 9.89 Å². The Morgan fingerprint density at radius 2 is 2.19 bits per heavy atom. The van der Waals surface area contributed by atoms with Crippen molar-refractivity contribution in [2.45, 2.75) is 25.7 Å². The number of methoxy groups -OCH3 is 1. The third-order valence-corrected chi connectivity index (χ3v) is 3.19. The van der Waals surface area contributed by atoms with E-state index in [2.05, 4.69) is 20.5 Å². The first-order valence-corrected chi connectivity index (χ1v) is 7.02. The molecule has 0 radical (unpaired) electrons. The van der Waals surface area contributed by atoms with Crippen molar-refractivity contribution in [3.05, 3.63) is 42.0 Å². The SMILES string of the molecule is COc1ccccc1CCC(=O)NCCCc1ncn[nH]1. The van der Waals surface area contributed by atoms with Crippen molar-refractivity contribution in [3.63, 3.8) is 0 Å². The average Bonchev–Trinajstić information content (AvgIpc) is 3.03. The van der Waals surface area contributed by atoms with Gasteiger partial charge in [0.25, 0.3) is 0 Å². The van der Waals surface area contributed by atoms with Crippen LogP contribution >= 0.6 is 0 Å². The van der Waals surface area contributed by atoms with Crippen LogP contribution in [0.1, 0.15) is 24.2 Å². The molecule has 1 aromatic carbocycles. The summed E-state index contributed by atoms with van der Waals surface area (Å²) in [6, 6.07) is 7.76. The third kappa shape index (κ3) is 4.91. The lowest BCUT2D eigenvalue weighted by atomic mass is 10.1. The molecule has 21 heavy (non-hydrogen) atoms. The number of carbonyl (C=O) groups excluding carboxylic acids is 1. The van der Waals surface area contributed by atoms with Crippen LogP contribution in [0.15, 0.2) is 30.6 Å². The van der Waals surface area contributed by atoms with E-state index in [9.17, 15) is 4.79 Å². The van der Waals surface area contributed by atoms with Crippen molar-refractivity contribution in [2.24, 2.45) is 0 Å². The van der Waals surface area contributed by atoms with Gasteiger partial charge in [0.1, 0.15) is 17.9 Å². The molecule has 2 N–H and O–H groups in total. The van der Waals surface area contributed by atoms with Gasteiger partial charge in [-0.2, -0.15) is 5.10 Å². The number of aryl methyl sites for hydroxylation is 2. The second-order valence-electron chi connectivity index (χ2n) is 4.70. The molecule has 6 heteroatoms. The number of aromatic nitrogens is 3. The van der Waals surface area contributed by atoms with Crippen LogP contribution in [0.3, 0.4) is 0 Å². The highest BCUT2D eigenvalue weighted by Crippen LogP contribution is 2.18. The Labute approximate surface area is 123 Å². The van der Waals surface area contributed by atoms with Crippen molar-refractivity contribution >= 4 is 5.91 Å². The molecule has 0 fully saturated rings. The van der Waals surface area contributed by atoms with Crippen LogP contribution in [0, 0.1) is 0 Å². The Morgan fingerprint density at radius 3 is 2.95 bits per heavy atom. The molecule has 0 aliphatic carbocycles. The van der Waals surface area contributed by atoms with Gasteiger partial charge in [0.15, 0.2) is 0 Å². The fourth-order valence-electron chi connectivity index (χ4n) is 2.08. The largest absolute Gasteiger partial charge is 0.496 e. The lowest BCUT2D eigenvalue weighted by molar-refractivity contribution is -0.121. The van der Waals surface area contributed by atoms with Gasteiger partial charge in [0, 0.05) is 19.4 Å². The van der Waals surface area contributed by atoms with Gasteiger partial charge in [-0.05, 0) is 24.5 Å². The molecule has 2 aromatic rings. The number of amides is 1. The fourth-order valence-corrected chi connectivity index (χ4v) is 2.08. The first kappa shape index (κ1) is 15.0. The molecule has 0 unspecified atom stereocenters. The summed E-state index contributed by atoms with van der Waals surface area (Å²) in [5, 5.41) is 9.49. The summed E-state index contributed by atoms with van der Waals surface area (Å²) in [7, 11) is 1.64. The number of rotatable bonds is 8. The number of nitrogens with one attached hydrogen (secondary N) is 2. The molecule has 0 aliphatic heterocycles. The van der Waals surface area contributed by atoms with E-state index in [-0.39, 0.29) is 5.91 Å². The maximum Gasteiger partial charge on any atom is 0.220 e. The second kappa shape index (κ2) is 8.04. The lowest BCUT2D eigenvalue weighted by Crippen LogP contribution is -2.25. The molecule has 6 nitrogen and oxygen atoms in total. The molecule has 0 atom stereocenters. The molecule has 0 saturated heterocycles. The van der Waals surface area contributed by atoms with Gasteiger partial charge in [-0.1, -0.05) is 18.2 Å². The third-order valence-electron chi connectivity index (χ3n) is 3.19. The van der Waals surface area contributed by atoms with E-state index >= 15 is 0 Å². The van der Waals surface area contributed by atoms with Gasteiger partial charge in [-0.15, -0.1) is 0 Å². The average molecular weight is 288 g/mol.